The van der Waals surface area contributed by atoms with Crippen molar-refractivity contribution in [1.82, 2.24) is 10.3 Å². The summed E-state index contributed by atoms with van der Waals surface area (Å²) in [6.45, 7) is 2.37. The maximum absolute atomic E-state index is 4.22. The molecule has 1 N–H and O–H groups in total. The molecule has 1 saturated carbocycles. The van der Waals surface area contributed by atoms with Gasteiger partial charge in [0.2, 0.25) is 0 Å². The van der Waals surface area contributed by atoms with Crippen LogP contribution in [0.5, 0.6) is 0 Å². The first-order chi connectivity index (χ1) is 7.81. The molecule has 0 bridgehead atoms. The summed E-state index contributed by atoms with van der Waals surface area (Å²) in [5.41, 5.74) is 1.34. The minimum Gasteiger partial charge on any atom is -0.313 e. The highest BCUT2D eigenvalue weighted by Crippen LogP contribution is 2.36. The summed E-state index contributed by atoms with van der Waals surface area (Å²) in [4.78, 5) is 4.22. The summed E-state index contributed by atoms with van der Waals surface area (Å²) in [7, 11) is 2.07. The van der Waals surface area contributed by atoms with Gasteiger partial charge in [0.05, 0.1) is 0 Å². The molecule has 1 aromatic heterocycles. The summed E-state index contributed by atoms with van der Waals surface area (Å²) in [6.07, 6.45) is 9.30. The van der Waals surface area contributed by atoms with Crippen LogP contribution in [0.3, 0.4) is 0 Å². The van der Waals surface area contributed by atoms with Crippen molar-refractivity contribution >= 4 is 0 Å². The fourth-order valence-electron chi connectivity index (χ4n) is 2.85. The number of rotatable bonds is 3. The van der Waals surface area contributed by atoms with Crippen LogP contribution >= 0.6 is 0 Å². The number of aromatic nitrogens is 1. The van der Waals surface area contributed by atoms with Crippen LogP contribution in [-0.4, -0.2) is 12.0 Å². The average molecular weight is 218 g/mol. The van der Waals surface area contributed by atoms with Crippen LogP contribution in [0.2, 0.25) is 0 Å². The molecule has 1 aliphatic rings. The lowest BCUT2D eigenvalue weighted by Crippen LogP contribution is -2.28. The third kappa shape index (κ3) is 2.62. The van der Waals surface area contributed by atoms with Crippen LogP contribution in [0.15, 0.2) is 24.5 Å². The average Bonchev–Trinajstić information content (AvgIpc) is 2.34. The molecule has 0 amide bonds. The quantitative estimate of drug-likeness (QED) is 0.843. The van der Waals surface area contributed by atoms with Crippen LogP contribution < -0.4 is 5.32 Å². The van der Waals surface area contributed by atoms with Crippen molar-refractivity contribution in [2.24, 2.45) is 11.8 Å². The summed E-state index contributed by atoms with van der Waals surface area (Å²) in [5.74, 6) is 1.70. The molecule has 0 spiro atoms. The van der Waals surface area contributed by atoms with Gasteiger partial charge in [0.15, 0.2) is 0 Å². The van der Waals surface area contributed by atoms with Crippen molar-refractivity contribution in [3.63, 3.8) is 0 Å². The van der Waals surface area contributed by atoms with E-state index in [0.717, 1.165) is 11.8 Å². The lowest BCUT2D eigenvalue weighted by atomic mass is 9.77. The normalized spacial score (nSPS) is 27.6. The molecule has 1 unspecified atom stereocenters. The van der Waals surface area contributed by atoms with E-state index in [0.29, 0.717) is 6.04 Å². The van der Waals surface area contributed by atoms with E-state index in [2.05, 4.69) is 30.3 Å². The zero-order chi connectivity index (χ0) is 11.4. The van der Waals surface area contributed by atoms with Crippen molar-refractivity contribution in [3.05, 3.63) is 30.1 Å². The molecule has 0 aliphatic heterocycles. The third-order valence-corrected chi connectivity index (χ3v) is 3.89. The van der Waals surface area contributed by atoms with Gasteiger partial charge in [-0.15, -0.1) is 0 Å². The maximum Gasteiger partial charge on any atom is 0.0361 e. The SMILES string of the molecule is CNC(c1cccnc1)C1CCC(C)CC1. The summed E-state index contributed by atoms with van der Waals surface area (Å²) in [6, 6.07) is 4.71. The number of pyridine rings is 1. The smallest absolute Gasteiger partial charge is 0.0361 e. The molecule has 1 heterocycles. The molecule has 16 heavy (non-hydrogen) atoms. The number of nitrogens with zero attached hydrogens (tertiary/aromatic N) is 1. The minimum absolute atomic E-state index is 0.487. The lowest BCUT2D eigenvalue weighted by Gasteiger charge is -2.32. The van der Waals surface area contributed by atoms with Gasteiger partial charge < -0.3 is 5.32 Å². The van der Waals surface area contributed by atoms with Crippen molar-refractivity contribution in [3.8, 4) is 0 Å². The Morgan fingerprint density at radius 1 is 1.31 bits per heavy atom. The molecule has 88 valence electrons. The van der Waals surface area contributed by atoms with Crippen LogP contribution in [-0.2, 0) is 0 Å². The molecular formula is C14H22N2. The van der Waals surface area contributed by atoms with E-state index in [1.54, 1.807) is 0 Å². The number of nitrogens with one attached hydrogen (secondary N) is 1. The van der Waals surface area contributed by atoms with Gasteiger partial charge in [0.1, 0.15) is 0 Å². The Labute approximate surface area is 98.5 Å². The first kappa shape index (κ1) is 11.6. The lowest BCUT2D eigenvalue weighted by molar-refractivity contribution is 0.238. The van der Waals surface area contributed by atoms with Gasteiger partial charge in [-0.3, -0.25) is 4.98 Å². The third-order valence-electron chi connectivity index (χ3n) is 3.89. The molecular weight excluding hydrogens is 196 g/mol. The number of hydrogen-bond acceptors (Lipinski definition) is 2. The molecule has 1 atom stereocenters. The van der Waals surface area contributed by atoms with E-state index in [4.69, 9.17) is 0 Å². The van der Waals surface area contributed by atoms with Gasteiger partial charge in [-0.1, -0.05) is 25.8 Å². The summed E-state index contributed by atoms with van der Waals surface area (Å²) >= 11 is 0. The zero-order valence-electron chi connectivity index (χ0n) is 10.3. The highest BCUT2D eigenvalue weighted by Gasteiger charge is 2.26. The van der Waals surface area contributed by atoms with Crippen molar-refractivity contribution in [2.75, 3.05) is 7.05 Å². The topological polar surface area (TPSA) is 24.9 Å². The molecule has 1 aromatic rings. The largest absolute Gasteiger partial charge is 0.313 e. The summed E-state index contributed by atoms with van der Waals surface area (Å²) < 4.78 is 0. The molecule has 2 nitrogen and oxygen atoms in total. The minimum atomic E-state index is 0.487. The second kappa shape index (κ2) is 5.44. The Morgan fingerprint density at radius 2 is 2.06 bits per heavy atom. The van der Waals surface area contributed by atoms with Gasteiger partial charge in [-0.25, -0.2) is 0 Å². The molecule has 0 saturated heterocycles. The van der Waals surface area contributed by atoms with E-state index in [9.17, 15) is 0 Å². The van der Waals surface area contributed by atoms with Crippen LogP contribution in [0, 0.1) is 11.8 Å². The Kier molecular flexibility index (Phi) is 3.94. The van der Waals surface area contributed by atoms with Gasteiger partial charge in [-0.2, -0.15) is 0 Å². The first-order valence-electron chi connectivity index (χ1n) is 6.38. The Hall–Kier alpha value is -0.890. The fourth-order valence-corrected chi connectivity index (χ4v) is 2.85. The maximum atomic E-state index is 4.22. The number of hydrogen-bond donors (Lipinski definition) is 1. The summed E-state index contributed by atoms with van der Waals surface area (Å²) in [5, 5.41) is 3.46. The van der Waals surface area contributed by atoms with Gasteiger partial charge in [-0.05, 0) is 43.4 Å². The van der Waals surface area contributed by atoms with Gasteiger partial charge in [0.25, 0.3) is 0 Å². The van der Waals surface area contributed by atoms with Crippen molar-refractivity contribution in [2.45, 2.75) is 38.6 Å². The molecule has 0 aromatic carbocycles. The van der Waals surface area contributed by atoms with Crippen LogP contribution in [0.1, 0.15) is 44.2 Å². The Balaban J connectivity index is 2.05. The molecule has 2 heteroatoms. The van der Waals surface area contributed by atoms with Gasteiger partial charge >= 0.3 is 0 Å². The van der Waals surface area contributed by atoms with E-state index in [-0.39, 0.29) is 0 Å². The molecule has 0 radical (unpaired) electrons. The standard InChI is InChI=1S/C14H22N2/c1-11-5-7-12(8-6-11)14(15-2)13-4-3-9-16-10-13/h3-4,9-12,14-15H,5-8H2,1-2H3. The highest BCUT2D eigenvalue weighted by molar-refractivity contribution is 5.15. The van der Waals surface area contributed by atoms with Crippen molar-refractivity contribution in [1.29, 1.82) is 0 Å². The van der Waals surface area contributed by atoms with Crippen LogP contribution in [0.4, 0.5) is 0 Å². The molecule has 1 fully saturated rings. The monoisotopic (exact) mass is 218 g/mol. The zero-order valence-corrected chi connectivity index (χ0v) is 10.3. The highest BCUT2D eigenvalue weighted by atomic mass is 14.9. The van der Waals surface area contributed by atoms with Crippen molar-refractivity contribution < 1.29 is 0 Å². The predicted octanol–water partition coefficient (Wildman–Crippen LogP) is 3.17. The van der Waals surface area contributed by atoms with E-state index in [1.165, 1.54) is 31.2 Å². The van der Waals surface area contributed by atoms with E-state index >= 15 is 0 Å². The molecule has 2 rings (SSSR count). The fraction of sp³-hybridized carbons (Fsp3) is 0.643. The molecule has 1 aliphatic carbocycles. The first-order valence-corrected chi connectivity index (χ1v) is 6.38. The second-order valence-electron chi connectivity index (χ2n) is 5.07. The second-order valence-corrected chi connectivity index (χ2v) is 5.07. The van der Waals surface area contributed by atoms with E-state index < -0.39 is 0 Å². The van der Waals surface area contributed by atoms with Crippen LogP contribution in [0.25, 0.3) is 0 Å². The predicted molar refractivity (Wildman–Crippen MR) is 67.2 cm³/mol. The van der Waals surface area contributed by atoms with E-state index in [1.807, 2.05) is 18.5 Å². The Morgan fingerprint density at radius 3 is 2.62 bits per heavy atom. The van der Waals surface area contributed by atoms with Gasteiger partial charge in [0, 0.05) is 18.4 Å². The Bertz CT molecular complexity index is 302.